The number of esters is 2. The second-order valence-corrected chi connectivity index (χ2v) is 6.07. The molecule has 1 N–H and O–H groups in total. The summed E-state index contributed by atoms with van der Waals surface area (Å²) in [6.07, 6.45) is 1.56. The summed E-state index contributed by atoms with van der Waals surface area (Å²) < 4.78 is 9.95. The SMILES string of the molecule is COC(=O)C1=C[C@](C(=O)OC)(c2ccccc2)N[C@H]1c1ccc(C#N)cc1. The minimum Gasteiger partial charge on any atom is -0.467 e. The topological polar surface area (TPSA) is 88.4 Å². The van der Waals surface area contributed by atoms with Crippen LogP contribution < -0.4 is 5.32 Å². The molecular weight excluding hydrogens is 344 g/mol. The van der Waals surface area contributed by atoms with Crippen LogP contribution in [0.3, 0.4) is 0 Å². The number of carbonyl (C=O) groups excluding carboxylic acids is 2. The highest BCUT2D eigenvalue weighted by Crippen LogP contribution is 2.40. The fourth-order valence-corrected chi connectivity index (χ4v) is 3.24. The van der Waals surface area contributed by atoms with Crippen molar-refractivity contribution in [1.29, 1.82) is 5.26 Å². The largest absolute Gasteiger partial charge is 0.467 e. The van der Waals surface area contributed by atoms with E-state index in [2.05, 4.69) is 11.4 Å². The van der Waals surface area contributed by atoms with E-state index in [1.165, 1.54) is 14.2 Å². The monoisotopic (exact) mass is 362 g/mol. The third kappa shape index (κ3) is 3.21. The molecule has 1 aliphatic heterocycles. The van der Waals surface area contributed by atoms with Crippen molar-refractivity contribution in [3.63, 3.8) is 0 Å². The first-order valence-electron chi connectivity index (χ1n) is 8.28. The van der Waals surface area contributed by atoms with Crippen molar-refractivity contribution in [3.05, 3.63) is 82.9 Å². The predicted molar refractivity (Wildman–Crippen MR) is 97.3 cm³/mol. The first-order chi connectivity index (χ1) is 13.1. The molecule has 0 saturated heterocycles. The van der Waals surface area contributed by atoms with Gasteiger partial charge in [-0.05, 0) is 29.3 Å². The van der Waals surface area contributed by atoms with E-state index in [0.29, 0.717) is 16.7 Å². The fourth-order valence-electron chi connectivity index (χ4n) is 3.24. The maximum absolute atomic E-state index is 12.7. The van der Waals surface area contributed by atoms with Gasteiger partial charge >= 0.3 is 11.9 Å². The molecule has 0 radical (unpaired) electrons. The lowest BCUT2D eigenvalue weighted by Gasteiger charge is -2.28. The first-order valence-corrected chi connectivity index (χ1v) is 8.28. The standard InChI is InChI=1S/C21H18N2O4/c1-26-19(24)17-12-21(20(25)27-2,16-6-4-3-5-7-16)23-18(17)15-10-8-14(13-22)9-11-15/h3-12,18,23H,1-2H3/t18-,21+/m0/s1. The zero-order valence-corrected chi connectivity index (χ0v) is 14.9. The van der Waals surface area contributed by atoms with E-state index < -0.39 is 23.5 Å². The molecule has 1 heterocycles. The molecule has 6 nitrogen and oxygen atoms in total. The van der Waals surface area contributed by atoms with Crippen molar-refractivity contribution in [1.82, 2.24) is 5.32 Å². The third-order valence-corrected chi connectivity index (χ3v) is 4.59. The van der Waals surface area contributed by atoms with Crippen LogP contribution in [-0.4, -0.2) is 26.2 Å². The molecule has 0 fully saturated rings. The number of hydrogen-bond donors (Lipinski definition) is 1. The van der Waals surface area contributed by atoms with Crippen LogP contribution in [0.5, 0.6) is 0 Å². The highest BCUT2D eigenvalue weighted by Gasteiger charge is 2.49. The van der Waals surface area contributed by atoms with Gasteiger partial charge in [-0.25, -0.2) is 9.59 Å². The van der Waals surface area contributed by atoms with Gasteiger partial charge in [-0.2, -0.15) is 5.26 Å². The van der Waals surface area contributed by atoms with Crippen molar-refractivity contribution >= 4 is 11.9 Å². The number of carbonyl (C=O) groups is 2. The van der Waals surface area contributed by atoms with Gasteiger partial charge in [-0.15, -0.1) is 0 Å². The van der Waals surface area contributed by atoms with E-state index in [1.54, 1.807) is 42.5 Å². The van der Waals surface area contributed by atoms with Crippen LogP contribution in [0.4, 0.5) is 0 Å². The van der Waals surface area contributed by atoms with Crippen LogP contribution in [0.25, 0.3) is 0 Å². The quantitative estimate of drug-likeness (QED) is 0.840. The molecule has 2 aromatic rings. The number of methoxy groups -OCH3 is 2. The van der Waals surface area contributed by atoms with Crippen LogP contribution in [0.1, 0.15) is 22.7 Å². The summed E-state index contributed by atoms with van der Waals surface area (Å²) in [5.74, 6) is -1.08. The summed E-state index contributed by atoms with van der Waals surface area (Å²) in [6.45, 7) is 0. The number of rotatable bonds is 4. The van der Waals surface area contributed by atoms with E-state index in [1.807, 2.05) is 18.2 Å². The number of benzene rings is 2. The zero-order valence-electron chi connectivity index (χ0n) is 14.9. The van der Waals surface area contributed by atoms with Gasteiger partial charge in [0, 0.05) is 0 Å². The Morgan fingerprint density at radius 3 is 2.26 bits per heavy atom. The second-order valence-electron chi connectivity index (χ2n) is 6.07. The van der Waals surface area contributed by atoms with Gasteiger partial charge in [0.05, 0.1) is 37.5 Å². The van der Waals surface area contributed by atoms with Crippen molar-refractivity contribution in [2.75, 3.05) is 14.2 Å². The van der Waals surface area contributed by atoms with Gasteiger partial charge in [0.2, 0.25) is 0 Å². The Hall–Kier alpha value is -3.43. The maximum atomic E-state index is 12.7. The van der Waals surface area contributed by atoms with E-state index in [4.69, 9.17) is 14.7 Å². The number of nitrogens with one attached hydrogen (secondary N) is 1. The van der Waals surface area contributed by atoms with Gasteiger partial charge in [0.1, 0.15) is 0 Å². The van der Waals surface area contributed by atoms with Gasteiger partial charge in [-0.1, -0.05) is 42.5 Å². The van der Waals surface area contributed by atoms with Crippen LogP contribution in [0, 0.1) is 11.3 Å². The highest BCUT2D eigenvalue weighted by atomic mass is 16.5. The maximum Gasteiger partial charge on any atom is 0.335 e. The van der Waals surface area contributed by atoms with Crippen LogP contribution in [-0.2, 0) is 24.6 Å². The molecule has 27 heavy (non-hydrogen) atoms. The molecule has 0 unspecified atom stereocenters. The van der Waals surface area contributed by atoms with E-state index in [-0.39, 0.29) is 0 Å². The molecule has 0 bridgehead atoms. The van der Waals surface area contributed by atoms with Crippen molar-refractivity contribution < 1.29 is 19.1 Å². The van der Waals surface area contributed by atoms with Crippen molar-refractivity contribution in [3.8, 4) is 6.07 Å². The van der Waals surface area contributed by atoms with E-state index in [9.17, 15) is 9.59 Å². The Balaban J connectivity index is 2.14. The van der Waals surface area contributed by atoms with Crippen molar-refractivity contribution in [2.45, 2.75) is 11.6 Å². The number of ether oxygens (including phenoxy) is 2. The van der Waals surface area contributed by atoms with E-state index >= 15 is 0 Å². The molecule has 0 spiro atoms. The third-order valence-electron chi connectivity index (χ3n) is 4.59. The minimum atomic E-state index is -1.32. The summed E-state index contributed by atoms with van der Waals surface area (Å²) in [5.41, 5.74) is 0.860. The molecule has 0 saturated carbocycles. The van der Waals surface area contributed by atoms with Gasteiger partial charge < -0.3 is 9.47 Å². The Morgan fingerprint density at radius 2 is 1.70 bits per heavy atom. The number of nitrogens with zero attached hydrogens (tertiary/aromatic N) is 1. The lowest BCUT2D eigenvalue weighted by atomic mass is 9.90. The fraction of sp³-hybridized carbons (Fsp3) is 0.190. The molecule has 3 rings (SSSR count). The van der Waals surface area contributed by atoms with Crippen LogP contribution in [0.2, 0.25) is 0 Å². The lowest BCUT2D eigenvalue weighted by Crippen LogP contribution is -2.46. The molecular formula is C21H18N2O4. The number of nitriles is 1. The molecule has 2 aromatic carbocycles. The first kappa shape index (κ1) is 18.4. The summed E-state index contributed by atoms with van der Waals surface area (Å²) in [6, 6.07) is 17.3. The average molecular weight is 362 g/mol. The minimum absolute atomic E-state index is 0.302. The van der Waals surface area contributed by atoms with Gasteiger partial charge in [0.15, 0.2) is 5.54 Å². The molecule has 2 atom stereocenters. The normalized spacial score (nSPS) is 21.1. The number of hydrogen-bond acceptors (Lipinski definition) is 6. The van der Waals surface area contributed by atoms with Gasteiger partial charge in [-0.3, -0.25) is 5.32 Å². The lowest BCUT2D eigenvalue weighted by molar-refractivity contribution is -0.146. The molecule has 1 aliphatic rings. The summed E-state index contributed by atoms with van der Waals surface area (Å²) in [4.78, 5) is 25.2. The Morgan fingerprint density at radius 1 is 1.04 bits per heavy atom. The predicted octanol–water partition coefficient (Wildman–Crippen LogP) is 2.37. The summed E-state index contributed by atoms with van der Waals surface area (Å²) in [5, 5.41) is 12.2. The smallest absolute Gasteiger partial charge is 0.335 e. The summed E-state index contributed by atoms with van der Waals surface area (Å²) >= 11 is 0. The summed E-state index contributed by atoms with van der Waals surface area (Å²) in [7, 11) is 2.59. The van der Waals surface area contributed by atoms with E-state index in [0.717, 1.165) is 5.56 Å². The van der Waals surface area contributed by atoms with Crippen LogP contribution >= 0.6 is 0 Å². The molecule has 6 heteroatoms. The molecule has 136 valence electrons. The molecule has 0 amide bonds. The van der Waals surface area contributed by atoms with Crippen molar-refractivity contribution in [2.24, 2.45) is 0 Å². The molecule has 0 aliphatic carbocycles. The van der Waals surface area contributed by atoms with Gasteiger partial charge in [0.25, 0.3) is 0 Å². The Kier molecular flexibility index (Phi) is 5.06. The highest BCUT2D eigenvalue weighted by molar-refractivity contribution is 5.96. The average Bonchev–Trinajstić information content (AvgIpc) is 3.15. The second kappa shape index (κ2) is 7.44. The molecule has 0 aromatic heterocycles. The Labute approximate surface area is 157 Å². The zero-order chi connectivity index (χ0) is 19.4. The van der Waals surface area contributed by atoms with Crippen LogP contribution in [0.15, 0.2) is 66.2 Å². The Bertz CT molecular complexity index is 929.